The largest absolute Gasteiger partial charge is 0.296 e. The second kappa shape index (κ2) is 4.80. The van der Waals surface area contributed by atoms with E-state index >= 15 is 0 Å². The van der Waals surface area contributed by atoms with E-state index in [9.17, 15) is 4.79 Å². The maximum absolute atomic E-state index is 12.2. The third-order valence-corrected chi connectivity index (χ3v) is 3.99. The van der Waals surface area contributed by atoms with Crippen molar-refractivity contribution in [1.29, 1.82) is 0 Å². The number of hydrogen-bond donors (Lipinski definition) is 1. The summed E-state index contributed by atoms with van der Waals surface area (Å²) in [4.78, 5) is 12.2. The van der Waals surface area contributed by atoms with Gasteiger partial charge < -0.3 is 0 Å². The van der Waals surface area contributed by atoms with Gasteiger partial charge in [0, 0.05) is 6.54 Å². The first-order valence-electron chi connectivity index (χ1n) is 6.34. The van der Waals surface area contributed by atoms with E-state index in [1.165, 1.54) is 5.56 Å². The minimum absolute atomic E-state index is 0.383. The van der Waals surface area contributed by atoms with Crippen LogP contribution in [-0.2, 0) is 16.8 Å². The molecule has 0 bridgehead atoms. The molecule has 96 valence electrons. The first-order chi connectivity index (χ1) is 9.25. The lowest BCUT2D eigenvalue weighted by atomic mass is 9.78. The second-order valence-corrected chi connectivity index (χ2v) is 5.07. The van der Waals surface area contributed by atoms with E-state index in [0.29, 0.717) is 0 Å². The summed E-state index contributed by atoms with van der Waals surface area (Å²) in [5.41, 5.74) is 2.12. The lowest BCUT2D eigenvalue weighted by Gasteiger charge is -2.37. The maximum Gasteiger partial charge on any atom is 0.250 e. The quantitative estimate of drug-likeness (QED) is 0.851. The second-order valence-electron chi connectivity index (χ2n) is 4.72. The van der Waals surface area contributed by atoms with Gasteiger partial charge in [-0.25, -0.2) is 0 Å². The molecule has 3 rings (SSSR count). The maximum atomic E-state index is 12.2. The Labute approximate surface area is 117 Å². The monoisotopic (exact) mass is 271 g/mol. The third kappa shape index (κ3) is 1.88. The van der Waals surface area contributed by atoms with Gasteiger partial charge in [0.2, 0.25) is 0 Å². The van der Waals surface area contributed by atoms with Crippen molar-refractivity contribution in [2.24, 2.45) is 0 Å². The zero-order chi connectivity index (χ0) is 13.3. The van der Waals surface area contributed by atoms with Gasteiger partial charge in [0.25, 0.3) is 5.24 Å². The van der Waals surface area contributed by atoms with Crippen LogP contribution >= 0.6 is 11.6 Å². The van der Waals surface area contributed by atoms with Crippen LogP contribution < -0.4 is 5.32 Å². The lowest BCUT2D eigenvalue weighted by molar-refractivity contribution is -0.116. The van der Waals surface area contributed by atoms with Gasteiger partial charge in [-0.1, -0.05) is 54.6 Å². The van der Waals surface area contributed by atoms with E-state index < -0.39 is 5.54 Å². The molecule has 0 fully saturated rings. The van der Waals surface area contributed by atoms with Crippen molar-refractivity contribution in [2.75, 3.05) is 6.54 Å². The van der Waals surface area contributed by atoms with E-state index in [1.807, 2.05) is 48.5 Å². The summed E-state index contributed by atoms with van der Waals surface area (Å²) < 4.78 is 0. The number of carbonyl (C=O) groups excluding carboxylic acids is 1. The molecule has 1 aliphatic rings. The molecule has 1 aliphatic heterocycles. The highest BCUT2D eigenvalue weighted by Crippen LogP contribution is 2.36. The first-order valence-corrected chi connectivity index (χ1v) is 6.72. The van der Waals surface area contributed by atoms with Gasteiger partial charge in [-0.2, -0.15) is 0 Å². The van der Waals surface area contributed by atoms with Crippen LogP contribution in [0.4, 0.5) is 0 Å². The molecule has 1 N–H and O–H groups in total. The summed E-state index contributed by atoms with van der Waals surface area (Å²) in [7, 11) is 0. The smallest absolute Gasteiger partial charge is 0.250 e. The standard InChI is InChI=1S/C16H14ClNO/c17-15(19)16(13-7-2-1-3-8-13)14-9-5-4-6-12(14)10-11-18-16/h1-9,18H,10-11H2/t16-/m1/s1. The van der Waals surface area contributed by atoms with Crippen LogP contribution in [0, 0.1) is 0 Å². The van der Waals surface area contributed by atoms with Crippen LogP contribution in [0.25, 0.3) is 0 Å². The summed E-state index contributed by atoms with van der Waals surface area (Å²) in [5.74, 6) is 0. The van der Waals surface area contributed by atoms with Crippen LogP contribution in [0.1, 0.15) is 16.7 Å². The number of halogens is 1. The Morgan fingerprint density at radius 2 is 1.74 bits per heavy atom. The summed E-state index contributed by atoms with van der Waals surface area (Å²) in [6, 6.07) is 17.7. The molecule has 1 atom stereocenters. The van der Waals surface area contributed by atoms with Gasteiger partial charge in [0.15, 0.2) is 0 Å². The van der Waals surface area contributed by atoms with Crippen molar-refractivity contribution in [3.63, 3.8) is 0 Å². The highest BCUT2D eigenvalue weighted by Gasteiger charge is 2.43. The molecule has 1 heterocycles. The van der Waals surface area contributed by atoms with Crippen molar-refractivity contribution < 1.29 is 4.79 Å². The van der Waals surface area contributed by atoms with E-state index in [1.54, 1.807) is 0 Å². The Balaban J connectivity index is 2.27. The first kappa shape index (κ1) is 12.4. The van der Waals surface area contributed by atoms with Crippen LogP contribution in [0.15, 0.2) is 54.6 Å². The van der Waals surface area contributed by atoms with Gasteiger partial charge in [-0.05, 0) is 34.7 Å². The molecule has 2 aromatic carbocycles. The zero-order valence-corrected chi connectivity index (χ0v) is 11.2. The molecule has 0 saturated carbocycles. The predicted molar refractivity (Wildman–Crippen MR) is 76.2 cm³/mol. The van der Waals surface area contributed by atoms with Gasteiger partial charge in [0.05, 0.1) is 0 Å². The number of nitrogens with one attached hydrogen (secondary N) is 1. The molecule has 0 saturated heterocycles. The van der Waals surface area contributed by atoms with Gasteiger partial charge in [-0.15, -0.1) is 0 Å². The van der Waals surface area contributed by atoms with Crippen LogP contribution in [0.3, 0.4) is 0 Å². The average Bonchev–Trinajstić information content (AvgIpc) is 2.47. The third-order valence-electron chi connectivity index (χ3n) is 3.71. The molecule has 0 radical (unpaired) electrons. The Morgan fingerprint density at radius 1 is 1.05 bits per heavy atom. The fourth-order valence-corrected chi connectivity index (χ4v) is 3.10. The molecular formula is C16H14ClNO. The van der Waals surface area contributed by atoms with Crippen molar-refractivity contribution in [1.82, 2.24) is 5.32 Å². The van der Waals surface area contributed by atoms with Crippen molar-refractivity contribution >= 4 is 16.8 Å². The Hall–Kier alpha value is -1.64. The SMILES string of the molecule is O=C(Cl)[C@]1(c2ccccc2)NCCc2ccccc21. The van der Waals surface area contributed by atoms with Gasteiger partial charge >= 0.3 is 0 Å². The molecule has 0 unspecified atom stereocenters. The number of rotatable bonds is 2. The molecular weight excluding hydrogens is 258 g/mol. The molecule has 19 heavy (non-hydrogen) atoms. The van der Waals surface area contributed by atoms with Crippen molar-refractivity contribution in [2.45, 2.75) is 12.0 Å². The molecule has 2 nitrogen and oxygen atoms in total. The number of fused-ring (bicyclic) bond motifs is 1. The molecule has 3 heteroatoms. The number of hydrogen-bond acceptors (Lipinski definition) is 2. The number of carbonyl (C=O) groups is 1. The van der Waals surface area contributed by atoms with Crippen LogP contribution in [0.2, 0.25) is 0 Å². The Bertz CT molecular complexity index is 611. The minimum atomic E-state index is -0.919. The van der Waals surface area contributed by atoms with Crippen molar-refractivity contribution in [3.8, 4) is 0 Å². The average molecular weight is 272 g/mol. The topological polar surface area (TPSA) is 29.1 Å². The van der Waals surface area contributed by atoms with E-state index in [0.717, 1.165) is 24.1 Å². The van der Waals surface area contributed by atoms with E-state index in [-0.39, 0.29) is 5.24 Å². The Morgan fingerprint density at radius 3 is 2.47 bits per heavy atom. The highest BCUT2D eigenvalue weighted by atomic mass is 35.5. The fourth-order valence-electron chi connectivity index (χ4n) is 2.82. The Kier molecular flexibility index (Phi) is 3.13. The van der Waals surface area contributed by atoms with Crippen LogP contribution in [0.5, 0.6) is 0 Å². The number of benzene rings is 2. The predicted octanol–water partition coefficient (Wildman–Crippen LogP) is 2.84. The van der Waals surface area contributed by atoms with E-state index in [2.05, 4.69) is 11.4 Å². The summed E-state index contributed by atoms with van der Waals surface area (Å²) in [6.45, 7) is 0.740. The molecule has 0 spiro atoms. The summed E-state index contributed by atoms with van der Waals surface area (Å²) in [5, 5.41) is 2.94. The summed E-state index contributed by atoms with van der Waals surface area (Å²) >= 11 is 5.97. The lowest BCUT2D eigenvalue weighted by Crippen LogP contribution is -2.52. The van der Waals surface area contributed by atoms with Gasteiger partial charge in [-0.3, -0.25) is 10.1 Å². The van der Waals surface area contributed by atoms with Gasteiger partial charge in [0.1, 0.15) is 5.54 Å². The molecule has 0 aliphatic carbocycles. The normalized spacial score (nSPS) is 21.7. The fraction of sp³-hybridized carbons (Fsp3) is 0.188. The van der Waals surface area contributed by atoms with Crippen LogP contribution in [-0.4, -0.2) is 11.8 Å². The molecule has 0 amide bonds. The zero-order valence-electron chi connectivity index (χ0n) is 10.4. The van der Waals surface area contributed by atoms with E-state index in [4.69, 9.17) is 11.6 Å². The van der Waals surface area contributed by atoms with Crippen molar-refractivity contribution in [3.05, 3.63) is 71.3 Å². The molecule has 0 aromatic heterocycles. The highest BCUT2D eigenvalue weighted by molar-refractivity contribution is 6.66. The minimum Gasteiger partial charge on any atom is -0.296 e. The molecule has 2 aromatic rings. The summed E-state index contributed by atoms with van der Waals surface area (Å²) in [6.07, 6.45) is 0.912.